The largest absolute Gasteiger partial charge is 0.350 e. The third-order valence-corrected chi connectivity index (χ3v) is 3.41. The van der Waals surface area contributed by atoms with Gasteiger partial charge in [0.25, 0.3) is 11.6 Å². The molecule has 0 aliphatic rings. The molecule has 24 heavy (non-hydrogen) atoms. The molecule has 0 aliphatic carbocycles. The van der Waals surface area contributed by atoms with Gasteiger partial charge in [-0.2, -0.15) is 0 Å². The predicted octanol–water partition coefficient (Wildman–Crippen LogP) is 1.98. The van der Waals surface area contributed by atoms with E-state index in [4.69, 9.17) is 0 Å². The zero-order chi connectivity index (χ0) is 17.5. The Morgan fingerprint density at radius 2 is 1.71 bits per heavy atom. The summed E-state index contributed by atoms with van der Waals surface area (Å²) in [6.45, 7) is -0.0995. The van der Waals surface area contributed by atoms with E-state index in [1.54, 1.807) is 48.5 Å². The van der Waals surface area contributed by atoms with Crippen molar-refractivity contribution in [2.75, 3.05) is 13.6 Å². The zero-order valence-electron chi connectivity index (χ0n) is 13.1. The summed E-state index contributed by atoms with van der Waals surface area (Å²) in [5.74, 6) is -0.656. The summed E-state index contributed by atoms with van der Waals surface area (Å²) in [6, 6.07) is 14.8. The van der Waals surface area contributed by atoms with E-state index in [9.17, 15) is 19.7 Å². The third kappa shape index (κ3) is 4.39. The molecular weight excluding hydrogens is 310 g/mol. The van der Waals surface area contributed by atoms with Crippen molar-refractivity contribution >= 4 is 17.5 Å². The van der Waals surface area contributed by atoms with Crippen molar-refractivity contribution in [2.24, 2.45) is 0 Å². The quantitative estimate of drug-likeness (QED) is 0.648. The molecule has 0 bridgehead atoms. The molecule has 0 heterocycles. The van der Waals surface area contributed by atoms with E-state index >= 15 is 0 Å². The Bertz CT molecular complexity index is 747. The molecule has 7 heteroatoms. The van der Waals surface area contributed by atoms with Crippen LogP contribution >= 0.6 is 0 Å². The van der Waals surface area contributed by atoms with Crippen molar-refractivity contribution in [3.05, 3.63) is 75.8 Å². The van der Waals surface area contributed by atoms with E-state index in [2.05, 4.69) is 5.32 Å². The lowest BCUT2D eigenvalue weighted by molar-refractivity contribution is -0.385. The van der Waals surface area contributed by atoms with Crippen molar-refractivity contribution < 1.29 is 14.5 Å². The Balaban J connectivity index is 1.92. The lowest BCUT2D eigenvalue weighted by atomic mass is 10.2. The summed E-state index contributed by atoms with van der Waals surface area (Å²) in [4.78, 5) is 35.9. The van der Waals surface area contributed by atoms with Crippen LogP contribution in [-0.2, 0) is 11.3 Å². The number of hydrogen-bond acceptors (Lipinski definition) is 4. The highest BCUT2D eigenvalue weighted by Gasteiger charge is 2.16. The SMILES string of the molecule is CN(CC(=O)NCc1ccccc1[N+](=O)[O-])C(=O)c1ccccc1. The number of hydrogen-bond donors (Lipinski definition) is 1. The molecule has 2 amide bonds. The Labute approximate surface area is 139 Å². The number of amides is 2. The first-order valence-electron chi connectivity index (χ1n) is 7.28. The number of likely N-dealkylation sites (N-methyl/N-ethyl adjacent to an activating group) is 1. The predicted molar refractivity (Wildman–Crippen MR) is 88.3 cm³/mol. The minimum Gasteiger partial charge on any atom is -0.350 e. The monoisotopic (exact) mass is 327 g/mol. The van der Waals surface area contributed by atoms with Crippen LogP contribution in [0.15, 0.2) is 54.6 Å². The fraction of sp³-hybridized carbons (Fsp3) is 0.176. The molecule has 0 aromatic heterocycles. The standard InChI is InChI=1S/C17H17N3O4/c1-19(17(22)13-7-3-2-4-8-13)12-16(21)18-11-14-9-5-6-10-15(14)20(23)24/h2-10H,11-12H2,1H3,(H,18,21). The van der Waals surface area contributed by atoms with Crippen molar-refractivity contribution in [1.82, 2.24) is 10.2 Å². The minimum atomic E-state index is -0.494. The zero-order valence-corrected chi connectivity index (χ0v) is 13.1. The average molecular weight is 327 g/mol. The van der Waals surface area contributed by atoms with Gasteiger partial charge < -0.3 is 10.2 Å². The first kappa shape index (κ1) is 17.1. The minimum absolute atomic E-state index is 0.0311. The number of nitrogens with one attached hydrogen (secondary N) is 1. The van der Waals surface area contributed by atoms with Crippen LogP contribution in [0.25, 0.3) is 0 Å². The van der Waals surface area contributed by atoms with Crippen molar-refractivity contribution in [2.45, 2.75) is 6.54 Å². The van der Waals surface area contributed by atoms with Gasteiger partial charge in [0, 0.05) is 30.8 Å². The van der Waals surface area contributed by atoms with Gasteiger partial charge in [-0.3, -0.25) is 19.7 Å². The van der Waals surface area contributed by atoms with E-state index in [0.717, 1.165) is 0 Å². The topological polar surface area (TPSA) is 92.6 Å². The normalized spacial score (nSPS) is 10.0. The summed E-state index contributed by atoms with van der Waals surface area (Å²) in [5, 5.41) is 13.5. The second-order valence-corrected chi connectivity index (χ2v) is 5.19. The van der Waals surface area contributed by atoms with E-state index in [1.165, 1.54) is 18.0 Å². The van der Waals surface area contributed by atoms with Gasteiger partial charge in [0.1, 0.15) is 0 Å². The second-order valence-electron chi connectivity index (χ2n) is 5.19. The lowest BCUT2D eigenvalue weighted by Gasteiger charge is -2.16. The first-order chi connectivity index (χ1) is 11.5. The van der Waals surface area contributed by atoms with E-state index in [0.29, 0.717) is 11.1 Å². The fourth-order valence-electron chi connectivity index (χ4n) is 2.18. The van der Waals surface area contributed by atoms with Gasteiger partial charge >= 0.3 is 0 Å². The number of nitro groups is 1. The van der Waals surface area contributed by atoms with Gasteiger partial charge in [0.15, 0.2) is 0 Å². The van der Waals surface area contributed by atoms with Crippen LogP contribution in [-0.4, -0.2) is 35.2 Å². The van der Waals surface area contributed by atoms with Crippen LogP contribution in [0.5, 0.6) is 0 Å². The number of benzene rings is 2. The van der Waals surface area contributed by atoms with E-state index in [-0.39, 0.29) is 30.6 Å². The number of nitro benzene ring substituents is 1. The molecule has 0 spiro atoms. The molecule has 2 rings (SSSR count). The number of nitrogens with zero attached hydrogens (tertiary/aromatic N) is 2. The summed E-state index contributed by atoms with van der Waals surface area (Å²) in [7, 11) is 1.53. The van der Waals surface area contributed by atoms with Gasteiger partial charge in [-0.05, 0) is 12.1 Å². The summed E-state index contributed by atoms with van der Waals surface area (Å²) >= 11 is 0. The molecule has 0 aliphatic heterocycles. The van der Waals surface area contributed by atoms with Crippen LogP contribution in [0.1, 0.15) is 15.9 Å². The van der Waals surface area contributed by atoms with Crippen LogP contribution in [0, 0.1) is 10.1 Å². The Morgan fingerprint density at radius 3 is 2.38 bits per heavy atom. The smallest absolute Gasteiger partial charge is 0.274 e. The Hall–Kier alpha value is -3.22. The number of carbonyl (C=O) groups excluding carboxylic acids is 2. The lowest BCUT2D eigenvalue weighted by Crippen LogP contribution is -2.38. The van der Waals surface area contributed by atoms with Gasteiger partial charge in [-0.25, -0.2) is 0 Å². The maximum Gasteiger partial charge on any atom is 0.274 e. The Morgan fingerprint density at radius 1 is 1.08 bits per heavy atom. The van der Waals surface area contributed by atoms with Gasteiger partial charge in [-0.1, -0.05) is 36.4 Å². The van der Waals surface area contributed by atoms with Crippen molar-refractivity contribution in [3.8, 4) is 0 Å². The molecule has 124 valence electrons. The van der Waals surface area contributed by atoms with Gasteiger partial charge in [-0.15, -0.1) is 0 Å². The highest BCUT2D eigenvalue weighted by molar-refractivity contribution is 5.96. The average Bonchev–Trinajstić information content (AvgIpc) is 2.60. The molecule has 2 aromatic rings. The molecular formula is C17H17N3O4. The first-order valence-corrected chi connectivity index (χ1v) is 7.28. The highest BCUT2D eigenvalue weighted by atomic mass is 16.6. The summed E-state index contributed by atoms with van der Waals surface area (Å²) in [6.07, 6.45) is 0. The molecule has 0 fully saturated rings. The molecule has 0 saturated carbocycles. The van der Waals surface area contributed by atoms with Gasteiger partial charge in [0.05, 0.1) is 11.5 Å². The molecule has 0 saturated heterocycles. The van der Waals surface area contributed by atoms with Gasteiger partial charge in [0.2, 0.25) is 5.91 Å². The van der Waals surface area contributed by atoms with Crippen LogP contribution in [0.2, 0.25) is 0 Å². The number of carbonyl (C=O) groups is 2. The summed E-state index contributed by atoms with van der Waals surface area (Å²) < 4.78 is 0. The second kappa shape index (κ2) is 7.87. The molecule has 7 nitrogen and oxygen atoms in total. The molecule has 0 unspecified atom stereocenters. The fourth-order valence-corrected chi connectivity index (χ4v) is 2.18. The number of rotatable bonds is 6. The van der Waals surface area contributed by atoms with Crippen LogP contribution < -0.4 is 5.32 Å². The maximum atomic E-state index is 12.2. The van der Waals surface area contributed by atoms with Crippen molar-refractivity contribution in [1.29, 1.82) is 0 Å². The molecule has 1 N–H and O–H groups in total. The van der Waals surface area contributed by atoms with Crippen molar-refractivity contribution in [3.63, 3.8) is 0 Å². The third-order valence-electron chi connectivity index (χ3n) is 3.41. The molecule has 0 radical (unpaired) electrons. The molecule has 0 atom stereocenters. The highest BCUT2D eigenvalue weighted by Crippen LogP contribution is 2.17. The number of para-hydroxylation sites is 1. The molecule has 2 aromatic carbocycles. The van der Waals surface area contributed by atoms with E-state index in [1.807, 2.05) is 0 Å². The Kier molecular flexibility index (Phi) is 5.62. The van der Waals surface area contributed by atoms with E-state index < -0.39 is 4.92 Å². The maximum absolute atomic E-state index is 12.2. The van der Waals surface area contributed by atoms with Crippen LogP contribution in [0.3, 0.4) is 0 Å². The van der Waals surface area contributed by atoms with Crippen LogP contribution in [0.4, 0.5) is 5.69 Å². The summed E-state index contributed by atoms with van der Waals surface area (Å²) in [5.41, 5.74) is 0.853.